The number of nitrogens with two attached hydrogens (primary N) is 1. The van der Waals surface area contributed by atoms with Gasteiger partial charge in [0.05, 0.1) is 6.10 Å². The second-order valence-electron chi connectivity index (χ2n) is 4.22. The Morgan fingerprint density at radius 2 is 2.12 bits per heavy atom. The third-order valence-electron chi connectivity index (χ3n) is 1.88. The van der Waals surface area contributed by atoms with Gasteiger partial charge in [-0.15, -0.1) is 0 Å². The normalized spacial score (nSPS) is 12.6. The van der Waals surface area contributed by atoms with Crippen molar-refractivity contribution in [2.75, 3.05) is 18.5 Å². The van der Waals surface area contributed by atoms with E-state index in [9.17, 15) is 0 Å². The lowest BCUT2D eigenvalue weighted by Gasteiger charge is -2.19. The Kier molecular flexibility index (Phi) is 4.49. The minimum absolute atomic E-state index is 0.0864. The molecule has 1 rings (SSSR count). The number of likely N-dealkylation sites (N-methyl/N-ethyl adjacent to an activating group) is 1. The van der Waals surface area contributed by atoms with Crippen molar-refractivity contribution in [3.63, 3.8) is 0 Å². The number of aromatic nitrogens is 2. The fourth-order valence-corrected chi connectivity index (χ4v) is 1.34. The number of ether oxygens (including phenoxy) is 1. The molecule has 0 radical (unpaired) electrons. The van der Waals surface area contributed by atoms with Crippen LogP contribution in [-0.2, 0) is 0 Å². The van der Waals surface area contributed by atoms with E-state index < -0.39 is 0 Å². The Hall–Kier alpha value is -1.36. The molecule has 2 N–H and O–H groups in total. The van der Waals surface area contributed by atoms with E-state index in [0.29, 0.717) is 18.4 Å². The van der Waals surface area contributed by atoms with E-state index in [2.05, 4.69) is 9.97 Å². The van der Waals surface area contributed by atoms with Crippen molar-refractivity contribution in [1.82, 2.24) is 9.97 Å². The Morgan fingerprint density at radius 1 is 1.44 bits per heavy atom. The fourth-order valence-electron chi connectivity index (χ4n) is 1.34. The minimum Gasteiger partial charge on any atom is -0.475 e. The highest BCUT2D eigenvalue weighted by molar-refractivity contribution is 5.30. The molecule has 5 heteroatoms. The summed E-state index contributed by atoms with van der Waals surface area (Å²) in [5.74, 6) is 1.23. The van der Waals surface area contributed by atoms with Gasteiger partial charge in [-0.05, 0) is 20.8 Å². The van der Waals surface area contributed by atoms with E-state index in [1.54, 1.807) is 12.3 Å². The van der Waals surface area contributed by atoms with E-state index in [-0.39, 0.29) is 12.1 Å². The molecule has 1 aromatic heterocycles. The van der Waals surface area contributed by atoms with E-state index in [1.165, 1.54) is 0 Å². The molecule has 0 fully saturated rings. The van der Waals surface area contributed by atoms with Gasteiger partial charge in [-0.25, -0.2) is 4.98 Å². The zero-order valence-electron chi connectivity index (χ0n) is 10.3. The van der Waals surface area contributed by atoms with Crippen LogP contribution < -0.4 is 15.4 Å². The topological polar surface area (TPSA) is 64.3 Å². The lowest BCUT2D eigenvalue weighted by atomic mass is 10.3. The first-order valence-electron chi connectivity index (χ1n) is 5.45. The Balaban J connectivity index is 2.73. The smallest absolute Gasteiger partial charge is 0.228 e. The third-order valence-corrected chi connectivity index (χ3v) is 1.88. The lowest BCUT2D eigenvalue weighted by Crippen LogP contribution is -2.33. The van der Waals surface area contributed by atoms with Gasteiger partial charge in [0.15, 0.2) is 0 Å². The summed E-state index contributed by atoms with van der Waals surface area (Å²) in [6.07, 6.45) is 1.80. The molecule has 16 heavy (non-hydrogen) atoms. The molecule has 90 valence electrons. The molecule has 0 saturated carbocycles. The Morgan fingerprint density at radius 3 is 2.69 bits per heavy atom. The predicted molar refractivity (Wildman–Crippen MR) is 64.7 cm³/mol. The monoisotopic (exact) mass is 224 g/mol. The first kappa shape index (κ1) is 12.7. The van der Waals surface area contributed by atoms with Gasteiger partial charge in [-0.3, -0.25) is 0 Å². The molecule has 1 heterocycles. The first-order chi connectivity index (χ1) is 7.49. The maximum Gasteiger partial charge on any atom is 0.228 e. The number of nitrogens with zero attached hydrogens (tertiary/aromatic N) is 3. The Labute approximate surface area is 96.6 Å². The summed E-state index contributed by atoms with van der Waals surface area (Å²) in [7, 11) is 1.91. The van der Waals surface area contributed by atoms with E-state index in [0.717, 1.165) is 0 Å². The van der Waals surface area contributed by atoms with Crippen molar-refractivity contribution in [1.29, 1.82) is 0 Å². The van der Waals surface area contributed by atoms with Gasteiger partial charge < -0.3 is 15.4 Å². The Bertz CT molecular complexity index is 328. The second kappa shape index (κ2) is 5.65. The van der Waals surface area contributed by atoms with Gasteiger partial charge in [0.1, 0.15) is 0 Å². The van der Waals surface area contributed by atoms with Crippen LogP contribution in [0.1, 0.15) is 20.8 Å². The van der Waals surface area contributed by atoms with Crippen molar-refractivity contribution in [3.05, 3.63) is 12.3 Å². The number of hydrogen-bond donors (Lipinski definition) is 1. The van der Waals surface area contributed by atoms with Crippen molar-refractivity contribution in [2.24, 2.45) is 5.73 Å². The van der Waals surface area contributed by atoms with Crippen LogP contribution >= 0.6 is 0 Å². The number of hydrogen-bond acceptors (Lipinski definition) is 5. The molecule has 0 aliphatic carbocycles. The first-order valence-corrected chi connectivity index (χ1v) is 5.45. The average molecular weight is 224 g/mol. The van der Waals surface area contributed by atoms with E-state index >= 15 is 0 Å². The summed E-state index contributed by atoms with van der Waals surface area (Å²) in [6, 6.07) is 1.84. The van der Waals surface area contributed by atoms with Crippen LogP contribution in [0.25, 0.3) is 0 Å². The molecule has 0 bridgehead atoms. The van der Waals surface area contributed by atoms with Crippen LogP contribution in [-0.4, -0.2) is 35.7 Å². The van der Waals surface area contributed by atoms with Gasteiger partial charge in [0, 0.05) is 31.9 Å². The highest BCUT2D eigenvalue weighted by Gasteiger charge is 2.08. The highest BCUT2D eigenvalue weighted by Crippen LogP contribution is 2.12. The molecule has 0 aromatic carbocycles. The van der Waals surface area contributed by atoms with Gasteiger partial charge >= 0.3 is 0 Å². The van der Waals surface area contributed by atoms with Gasteiger partial charge in [0.2, 0.25) is 11.8 Å². The zero-order chi connectivity index (χ0) is 12.1. The maximum absolute atomic E-state index is 5.72. The molecular formula is C11H20N4O. The van der Waals surface area contributed by atoms with Crippen LogP contribution in [0.2, 0.25) is 0 Å². The molecule has 0 saturated heterocycles. The zero-order valence-corrected chi connectivity index (χ0v) is 10.3. The quantitative estimate of drug-likeness (QED) is 0.809. The van der Waals surface area contributed by atoms with Gasteiger partial charge in [-0.2, -0.15) is 4.98 Å². The molecule has 1 unspecified atom stereocenters. The molecule has 1 atom stereocenters. The van der Waals surface area contributed by atoms with E-state index in [1.807, 2.05) is 32.7 Å². The highest BCUT2D eigenvalue weighted by atomic mass is 16.5. The summed E-state index contributed by atoms with van der Waals surface area (Å²) < 4.78 is 5.50. The van der Waals surface area contributed by atoms with Crippen molar-refractivity contribution in [2.45, 2.75) is 32.9 Å². The lowest BCUT2D eigenvalue weighted by molar-refractivity contribution is 0.232. The summed E-state index contributed by atoms with van der Waals surface area (Å²) in [5.41, 5.74) is 5.72. The minimum atomic E-state index is 0.0864. The van der Waals surface area contributed by atoms with Crippen LogP contribution in [0.4, 0.5) is 5.95 Å². The van der Waals surface area contributed by atoms with Crippen LogP contribution in [0.5, 0.6) is 5.88 Å². The van der Waals surface area contributed by atoms with Gasteiger partial charge in [-0.1, -0.05) is 0 Å². The SMILES string of the molecule is CC(N)CN(C)c1nccc(OC(C)C)n1. The van der Waals surface area contributed by atoms with Gasteiger partial charge in [0.25, 0.3) is 0 Å². The maximum atomic E-state index is 5.72. The third kappa shape index (κ3) is 4.02. The van der Waals surface area contributed by atoms with Crippen molar-refractivity contribution >= 4 is 5.95 Å². The average Bonchev–Trinajstić information content (AvgIpc) is 2.16. The second-order valence-corrected chi connectivity index (χ2v) is 4.22. The summed E-state index contributed by atoms with van der Waals surface area (Å²) in [4.78, 5) is 10.4. The molecule has 0 aliphatic rings. The molecule has 0 aliphatic heterocycles. The fraction of sp³-hybridized carbons (Fsp3) is 0.636. The predicted octanol–water partition coefficient (Wildman–Crippen LogP) is 1.05. The molecule has 0 spiro atoms. The molecular weight excluding hydrogens is 204 g/mol. The number of anilines is 1. The summed E-state index contributed by atoms with van der Waals surface area (Å²) >= 11 is 0. The molecule has 0 amide bonds. The molecule has 5 nitrogen and oxygen atoms in total. The summed E-state index contributed by atoms with van der Waals surface area (Å²) in [6.45, 7) is 6.59. The van der Waals surface area contributed by atoms with Crippen LogP contribution in [0.3, 0.4) is 0 Å². The van der Waals surface area contributed by atoms with E-state index in [4.69, 9.17) is 10.5 Å². The van der Waals surface area contributed by atoms with Crippen molar-refractivity contribution < 1.29 is 4.74 Å². The van der Waals surface area contributed by atoms with Crippen LogP contribution in [0.15, 0.2) is 12.3 Å². The van der Waals surface area contributed by atoms with Crippen LogP contribution in [0, 0.1) is 0 Å². The standard InChI is InChI=1S/C11H20N4O/c1-8(2)16-10-5-6-13-11(14-10)15(4)7-9(3)12/h5-6,8-9H,7,12H2,1-4H3. The largest absolute Gasteiger partial charge is 0.475 e. The summed E-state index contributed by atoms with van der Waals surface area (Å²) in [5, 5.41) is 0. The molecule has 1 aromatic rings. The number of rotatable bonds is 5. The van der Waals surface area contributed by atoms with Crippen molar-refractivity contribution in [3.8, 4) is 5.88 Å².